The predicted molar refractivity (Wildman–Crippen MR) is 102 cm³/mol. The second kappa shape index (κ2) is 9.59. The molecule has 1 fully saturated rings. The van der Waals surface area contributed by atoms with Crippen LogP contribution in [0.2, 0.25) is 0 Å². The Labute approximate surface area is 157 Å². The van der Waals surface area contributed by atoms with E-state index in [0.29, 0.717) is 6.54 Å². The number of halogens is 2. The number of carbonyl (C=O) groups excluding carboxylic acids is 1. The fourth-order valence-electron chi connectivity index (χ4n) is 2.71. The van der Waals surface area contributed by atoms with Crippen LogP contribution < -0.4 is 11.1 Å². The van der Waals surface area contributed by atoms with Crippen LogP contribution in [0.4, 0.5) is 0 Å². The number of ether oxygens (including phenoxy) is 1. The number of carbonyl (C=O) groups is 1. The molecule has 1 atom stereocenters. The first-order valence-corrected chi connectivity index (χ1v) is 7.79. The molecule has 1 aromatic rings. The fourth-order valence-corrected chi connectivity index (χ4v) is 2.71. The van der Waals surface area contributed by atoms with Crippen LogP contribution in [-0.2, 0) is 15.1 Å². The molecule has 1 heterocycles. The molecule has 24 heavy (non-hydrogen) atoms. The molecule has 7 heteroatoms. The van der Waals surface area contributed by atoms with Gasteiger partial charge in [-0.15, -0.1) is 24.8 Å². The molecule has 0 saturated carbocycles. The SMILES string of the molecule is CC(N)(C(=O)NCCN1CCOCC1(C)C)c1ccccc1.Cl.Cl. The van der Waals surface area contributed by atoms with Gasteiger partial charge in [0.2, 0.25) is 5.91 Å². The third-order valence-corrected chi connectivity index (χ3v) is 4.33. The average Bonchev–Trinajstić information content (AvgIpc) is 2.49. The summed E-state index contributed by atoms with van der Waals surface area (Å²) in [5, 5.41) is 2.96. The van der Waals surface area contributed by atoms with Crippen LogP contribution in [0.5, 0.6) is 0 Å². The van der Waals surface area contributed by atoms with E-state index >= 15 is 0 Å². The second-order valence-electron chi connectivity index (χ2n) is 6.68. The molecule has 1 aliphatic rings. The van der Waals surface area contributed by atoms with Gasteiger partial charge in [0.1, 0.15) is 5.54 Å². The van der Waals surface area contributed by atoms with Crippen LogP contribution in [0.25, 0.3) is 0 Å². The number of nitrogens with zero attached hydrogens (tertiary/aromatic N) is 1. The van der Waals surface area contributed by atoms with E-state index < -0.39 is 5.54 Å². The summed E-state index contributed by atoms with van der Waals surface area (Å²) in [6, 6.07) is 9.46. The lowest BCUT2D eigenvalue weighted by Crippen LogP contribution is -2.56. The highest BCUT2D eigenvalue weighted by atomic mass is 35.5. The zero-order valence-corrected chi connectivity index (χ0v) is 16.2. The van der Waals surface area contributed by atoms with Gasteiger partial charge in [-0.05, 0) is 26.3 Å². The van der Waals surface area contributed by atoms with Gasteiger partial charge in [-0.1, -0.05) is 30.3 Å². The molecule has 1 unspecified atom stereocenters. The van der Waals surface area contributed by atoms with Gasteiger partial charge in [-0.25, -0.2) is 0 Å². The van der Waals surface area contributed by atoms with Gasteiger partial charge in [0.05, 0.1) is 13.2 Å². The molecule has 0 aliphatic carbocycles. The minimum absolute atomic E-state index is 0. The Morgan fingerprint density at radius 3 is 2.54 bits per heavy atom. The molecular formula is C17H29Cl2N3O2. The molecule has 1 amide bonds. The molecule has 0 spiro atoms. The Morgan fingerprint density at radius 2 is 1.96 bits per heavy atom. The number of nitrogens with one attached hydrogen (secondary N) is 1. The highest BCUT2D eigenvalue weighted by Crippen LogP contribution is 2.19. The average molecular weight is 378 g/mol. The van der Waals surface area contributed by atoms with Crippen LogP contribution in [0.1, 0.15) is 26.3 Å². The molecule has 0 radical (unpaired) electrons. The Morgan fingerprint density at radius 1 is 1.33 bits per heavy atom. The van der Waals surface area contributed by atoms with Gasteiger partial charge in [0.15, 0.2) is 0 Å². The van der Waals surface area contributed by atoms with E-state index in [1.54, 1.807) is 6.92 Å². The van der Waals surface area contributed by atoms with Crippen LogP contribution in [0, 0.1) is 0 Å². The number of rotatable bonds is 5. The first-order chi connectivity index (χ1) is 10.3. The van der Waals surface area contributed by atoms with E-state index in [4.69, 9.17) is 10.5 Å². The minimum atomic E-state index is -1.01. The standard InChI is InChI=1S/C17H27N3O2.2ClH/c1-16(2)13-22-12-11-20(16)10-9-19-15(21)17(3,18)14-7-5-4-6-8-14;;/h4-8H,9-13,18H2,1-3H3,(H,19,21);2*1H. The van der Waals surface area contributed by atoms with Crippen molar-refractivity contribution in [2.75, 3.05) is 32.8 Å². The maximum absolute atomic E-state index is 12.4. The van der Waals surface area contributed by atoms with Crippen molar-refractivity contribution in [3.05, 3.63) is 35.9 Å². The molecule has 1 aromatic carbocycles. The number of hydrogen-bond donors (Lipinski definition) is 2. The van der Waals surface area contributed by atoms with Gasteiger partial charge < -0.3 is 15.8 Å². The van der Waals surface area contributed by atoms with E-state index in [2.05, 4.69) is 24.1 Å². The molecule has 1 aliphatic heterocycles. The van der Waals surface area contributed by atoms with Crippen molar-refractivity contribution in [1.29, 1.82) is 0 Å². The number of morpholine rings is 1. The van der Waals surface area contributed by atoms with Crippen LogP contribution in [0.15, 0.2) is 30.3 Å². The summed E-state index contributed by atoms with van der Waals surface area (Å²) >= 11 is 0. The Balaban J connectivity index is 0.00000264. The van der Waals surface area contributed by atoms with Gasteiger partial charge in [0.25, 0.3) is 0 Å². The fraction of sp³-hybridized carbons (Fsp3) is 0.588. The van der Waals surface area contributed by atoms with E-state index in [-0.39, 0.29) is 36.3 Å². The van der Waals surface area contributed by atoms with Crippen molar-refractivity contribution < 1.29 is 9.53 Å². The van der Waals surface area contributed by atoms with E-state index in [1.807, 2.05) is 30.3 Å². The molecule has 0 aromatic heterocycles. The van der Waals surface area contributed by atoms with Gasteiger partial charge in [0, 0.05) is 25.2 Å². The molecule has 5 nitrogen and oxygen atoms in total. The van der Waals surface area contributed by atoms with Crippen LogP contribution in [0.3, 0.4) is 0 Å². The molecule has 1 saturated heterocycles. The lowest BCUT2D eigenvalue weighted by Gasteiger charge is -2.42. The monoisotopic (exact) mass is 377 g/mol. The van der Waals surface area contributed by atoms with Gasteiger partial charge in [-0.3, -0.25) is 9.69 Å². The Kier molecular flexibility index (Phi) is 9.25. The van der Waals surface area contributed by atoms with Crippen LogP contribution in [-0.4, -0.2) is 49.2 Å². The van der Waals surface area contributed by atoms with Crippen molar-refractivity contribution >= 4 is 30.7 Å². The summed E-state index contributed by atoms with van der Waals surface area (Å²) < 4.78 is 5.51. The number of nitrogens with two attached hydrogens (primary N) is 1. The van der Waals surface area contributed by atoms with Crippen molar-refractivity contribution in [2.45, 2.75) is 31.8 Å². The Bertz CT molecular complexity index is 510. The summed E-state index contributed by atoms with van der Waals surface area (Å²) in [6.45, 7) is 9.80. The summed E-state index contributed by atoms with van der Waals surface area (Å²) in [5.74, 6) is -0.148. The zero-order chi connectivity index (χ0) is 16.2. The largest absolute Gasteiger partial charge is 0.378 e. The molecular weight excluding hydrogens is 349 g/mol. The van der Waals surface area contributed by atoms with Crippen molar-refractivity contribution in [3.63, 3.8) is 0 Å². The summed E-state index contributed by atoms with van der Waals surface area (Å²) in [4.78, 5) is 14.7. The van der Waals surface area contributed by atoms with E-state index in [1.165, 1.54) is 0 Å². The highest BCUT2D eigenvalue weighted by molar-refractivity contribution is 5.87. The quantitative estimate of drug-likeness (QED) is 0.822. The lowest BCUT2D eigenvalue weighted by atomic mass is 9.92. The Hall–Kier alpha value is -0.850. The molecule has 3 N–H and O–H groups in total. The first kappa shape index (κ1) is 23.1. The van der Waals surface area contributed by atoms with Crippen molar-refractivity contribution in [3.8, 4) is 0 Å². The minimum Gasteiger partial charge on any atom is -0.378 e. The second-order valence-corrected chi connectivity index (χ2v) is 6.68. The van der Waals surface area contributed by atoms with Crippen LogP contribution >= 0.6 is 24.8 Å². The third-order valence-electron chi connectivity index (χ3n) is 4.33. The summed E-state index contributed by atoms with van der Waals surface area (Å²) in [5.41, 5.74) is 6.02. The number of amides is 1. The summed E-state index contributed by atoms with van der Waals surface area (Å²) in [7, 11) is 0. The normalized spacial score (nSPS) is 19.3. The predicted octanol–water partition coefficient (Wildman–Crippen LogP) is 1.93. The smallest absolute Gasteiger partial charge is 0.244 e. The number of hydrogen-bond acceptors (Lipinski definition) is 4. The van der Waals surface area contributed by atoms with Gasteiger partial charge in [-0.2, -0.15) is 0 Å². The van der Waals surface area contributed by atoms with Gasteiger partial charge >= 0.3 is 0 Å². The maximum atomic E-state index is 12.4. The molecule has 2 rings (SSSR count). The third kappa shape index (κ3) is 5.60. The van der Waals surface area contributed by atoms with E-state index in [9.17, 15) is 4.79 Å². The highest BCUT2D eigenvalue weighted by Gasteiger charge is 2.32. The lowest BCUT2D eigenvalue weighted by molar-refractivity contribution is -0.126. The maximum Gasteiger partial charge on any atom is 0.244 e. The van der Waals surface area contributed by atoms with Crippen molar-refractivity contribution in [2.24, 2.45) is 5.73 Å². The van der Waals surface area contributed by atoms with Crippen molar-refractivity contribution in [1.82, 2.24) is 10.2 Å². The summed E-state index contributed by atoms with van der Waals surface area (Å²) in [6.07, 6.45) is 0. The topological polar surface area (TPSA) is 67.6 Å². The number of benzene rings is 1. The zero-order valence-electron chi connectivity index (χ0n) is 14.6. The molecule has 0 bridgehead atoms. The van der Waals surface area contributed by atoms with E-state index in [0.717, 1.165) is 31.9 Å². The first-order valence-electron chi connectivity index (χ1n) is 7.79. The molecule has 138 valence electrons.